The minimum absolute atomic E-state index is 0.0238. The standard InChI is InChI=1S/C24H17ClN4O5/c25-18-8-5-16(6-9-18)15-34-24-12-7-17-3-1-2-4-20(17)21(24)14-26-27-22-11-10-19(28(30)31)13-23(22)29(32)33/h1-14,27H,15H2/b26-14+. The Balaban J connectivity index is 1.64. The summed E-state index contributed by atoms with van der Waals surface area (Å²) in [7, 11) is 0. The zero-order valence-electron chi connectivity index (χ0n) is 17.6. The summed E-state index contributed by atoms with van der Waals surface area (Å²) in [6.07, 6.45) is 1.50. The molecule has 0 aliphatic carbocycles. The minimum Gasteiger partial charge on any atom is -0.488 e. The summed E-state index contributed by atoms with van der Waals surface area (Å²) in [6.45, 7) is 0.303. The molecule has 0 atom stereocenters. The Hall–Kier alpha value is -4.50. The molecule has 4 aromatic rings. The third kappa shape index (κ3) is 5.11. The first kappa shape index (κ1) is 22.7. The lowest BCUT2D eigenvalue weighted by molar-refractivity contribution is -0.393. The summed E-state index contributed by atoms with van der Waals surface area (Å²) in [5, 5.41) is 28.9. The first-order valence-electron chi connectivity index (χ1n) is 10.0. The van der Waals surface area contributed by atoms with Crippen LogP contribution in [-0.4, -0.2) is 16.1 Å². The molecule has 0 radical (unpaired) electrons. The Morgan fingerprint density at radius 2 is 1.71 bits per heavy atom. The second-order valence-electron chi connectivity index (χ2n) is 7.20. The van der Waals surface area contributed by atoms with Crippen LogP contribution in [0.25, 0.3) is 10.8 Å². The number of nitro groups is 2. The van der Waals surface area contributed by atoms with E-state index in [1.165, 1.54) is 18.3 Å². The van der Waals surface area contributed by atoms with Crippen molar-refractivity contribution >= 4 is 45.7 Å². The molecule has 1 N–H and O–H groups in total. The molecule has 0 spiro atoms. The van der Waals surface area contributed by atoms with E-state index in [-0.39, 0.29) is 11.4 Å². The number of hydrazone groups is 1. The molecule has 4 aromatic carbocycles. The van der Waals surface area contributed by atoms with Gasteiger partial charge in [0.1, 0.15) is 18.0 Å². The van der Waals surface area contributed by atoms with Crippen molar-refractivity contribution in [3.8, 4) is 5.75 Å². The van der Waals surface area contributed by atoms with E-state index in [0.717, 1.165) is 22.4 Å². The highest BCUT2D eigenvalue weighted by Gasteiger charge is 2.19. The lowest BCUT2D eigenvalue weighted by atomic mass is 10.0. The summed E-state index contributed by atoms with van der Waals surface area (Å²) in [5.41, 5.74) is 3.40. The summed E-state index contributed by atoms with van der Waals surface area (Å²) in [6, 6.07) is 22.0. The SMILES string of the molecule is O=[N+]([O-])c1ccc(N/N=C/c2c(OCc3ccc(Cl)cc3)ccc3ccccc23)c([N+](=O)[O-])c1. The van der Waals surface area contributed by atoms with E-state index < -0.39 is 15.5 Å². The first-order chi connectivity index (χ1) is 16.4. The number of ether oxygens (including phenoxy) is 1. The Morgan fingerprint density at radius 1 is 0.941 bits per heavy atom. The summed E-state index contributed by atoms with van der Waals surface area (Å²) >= 11 is 5.94. The molecule has 0 amide bonds. The van der Waals surface area contributed by atoms with E-state index >= 15 is 0 Å². The number of rotatable bonds is 8. The van der Waals surface area contributed by atoms with Gasteiger partial charge in [0.25, 0.3) is 5.69 Å². The van der Waals surface area contributed by atoms with Gasteiger partial charge in [0.05, 0.1) is 22.1 Å². The second kappa shape index (κ2) is 9.97. The predicted octanol–water partition coefficient (Wildman–Crippen LogP) is 6.33. The Bertz CT molecular complexity index is 1410. The monoisotopic (exact) mass is 476 g/mol. The fourth-order valence-corrected chi connectivity index (χ4v) is 3.45. The molecule has 10 heteroatoms. The number of non-ortho nitro benzene ring substituents is 1. The molecule has 170 valence electrons. The largest absolute Gasteiger partial charge is 0.488 e. The number of anilines is 1. The zero-order valence-corrected chi connectivity index (χ0v) is 18.3. The van der Waals surface area contributed by atoms with Crippen LogP contribution in [0.3, 0.4) is 0 Å². The smallest absolute Gasteiger partial charge is 0.301 e. The molecule has 0 bridgehead atoms. The van der Waals surface area contributed by atoms with Crippen molar-refractivity contribution in [2.45, 2.75) is 6.61 Å². The Kier molecular flexibility index (Phi) is 6.65. The van der Waals surface area contributed by atoms with Gasteiger partial charge in [-0.15, -0.1) is 0 Å². The molecule has 34 heavy (non-hydrogen) atoms. The van der Waals surface area contributed by atoms with Gasteiger partial charge >= 0.3 is 5.69 Å². The molecule has 0 saturated carbocycles. The lowest BCUT2D eigenvalue weighted by Gasteiger charge is -2.12. The van der Waals surface area contributed by atoms with E-state index in [9.17, 15) is 20.2 Å². The van der Waals surface area contributed by atoms with Crippen LogP contribution in [0.15, 0.2) is 84.0 Å². The van der Waals surface area contributed by atoms with Gasteiger partial charge in [0.15, 0.2) is 0 Å². The molecule has 0 aromatic heterocycles. The van der Waals surface area contributed by atoms with Crippen LogP contribution in [0.2, 0.25) is 5.02 Å². The predicted molar refractivity (Wildman–Crippen MR) is 131 cm³/mol. The molecule has 0 fully saturated rings. The lowest BCUT2D eigenvalue weighted by Crippen LogP contribution is -2.01. The number of fused-ring (bicyclic) bond motifs is 1. The summed E-state index contributed by atoms with van der Waals surface area (Å²) in [4.78, 5) is 20.9. The Morgan fingerprint density at radius 3 is 2.44 bits per heavy atom. The average Bonchev–Trinajstić information content (AvgIpc) is 2.84. The van der Waals surface area contributed by atoms with Crippen molar-refractivity contribution in [2.24, 2.45) is 5.10 Å². The van der Waals surface area contributed by atoms with Gasteiger partial charge in [-0.25, -0.2) is 0 Å². The number of hydrogen-bond donors (Lipinski definition) is 1. The highest BCUT2D eigenvalue weighted by Crippen LogP contribution is 2.30. The third-order valence-electron chi connectivity index (χ3n) is 5.01. The van der Waals surface area contributed by atoms with Crippen molar-refractivity contribution in [1.29, 1.82) is 0 Å². The molecular formula is C24H17ClN4O5. The number of nitrogens with one attached hydrogen (secondary N) is 1. The fraction of sp³-hybridized carbons (Fsp3) is 0.0417. The van der Waals surface area contributed by atoms with Gasteiger partial charge in [0.2, 0.25) is 0 Å². The molecule has 0 heterocycles. The van der Waals surface area contributed by atoms with E-state index in [2.05, 4.69) is 10.5 Å². The van der Waals surface area contributed by atoms with Gasteiger partial charge in [-0.05, 0) is 40.6 Å². The maximum atomic E-state index is 11.4. The van der Waals surface area contributed by atoms with Crippen molar-refractivity contribution in [3.63, 3.8) is 0 Å². The first-order valence-corrected chi connectivity index (χ1v) is 10.4. The van der Waals surface area contributed by atoms with Crippen molar-refractivity contribution in [1.82, 2.24) is 0 Å². The Labute approximate surface area is 198 Å². The van der Waals surface area contributed by atoms with Crippen LogP contribution >= 0.6 is 11.6 Å². The van der Waals surface area contributed by atoms with Crippen LogP contribution < -0.4 is 10.2 Å². The van der Waals surface area contributed by atoms with E-state index in [4.69, 9.17) is 16.3 Å². The fourth-order valence-electron chi connectivity index (χ4n) is 3.32. The second-order valence-corrected chi connectivity index (χ2v) is 7.64. The van der Waals surface area contributed by atoms with Gasteiger partial charge in [-0.1, -0.05) is 54.1 Å². The summed E-state index contributed by atoms with van der Waals surface area (Å²) < 4.78 is 6.03. The molecule has 0 aliphatic heterocycles. The van der Waals surface area contributed by atoms with Crippen LogP contribution in [0.1, 0.15) is 11.1 Å². The molecule has 0 saturated heterocycles. The highest BCUT2D eigenvalue weighted by molar-refractivity contribution is 6.30. The quantitative estimate of drug-likeness (QED) is 0.180. The van der Waals surface area contributed by atoms with E-state index in [0.29, 0.717) is 22.9 Å². The molecule has 0 aliphatic rings. The van der Waals surface area contributed by atoms with Crippen LogP contribution in [0.4, 0.5) is 17.1 Å². The number of nitro benzene ring substituents is 2. The van der Waals surface area contributed by atoms with E-state index in [1.54, 1.807) is 12.1 Å². The zero-order chi connectivity index (χ0) is 24.1. The minimum atomic E-state index is -0.705. The van der Waals surface area contributed by atoms with Crippen molar-refractivity contribution in [3.05, 3.63) is 115 Å². The van der Waals surface area contributed by atoms with Crippen LogP contribution in [-0.2, 0) is 6.61 Å². The van der Waals surface area contributed by atoms with Crippen molar-refractivity contribution in [2.75, 3.05) is 5.43 Å². The van der Waals surface area contributed by atoms with Crippen LogP contribution in [0, 0.1) is 20.2 Å². The van der Waals surface area contributed by atoms with Gasteiger partial charge in [0, 0.05) is 16.7 Å². The van der Waals surface area contributed by atoms with E-state index in [1.807, 2.05) is 48.5 Å². The number of benzene rings is 4. The topological polar surface area (TPSA) is 120 Å². The molecular weight excluding hydrogens is 460 g/mol. The normalized spacial score (nSPS) is 11.0. The highest BCUT2D eigenvalue weighted by atomic mass is 35.5. The van der Waals surface area contributed by atoms with Gasteiger partial charge in [-0.3, -0.25) is 25.7 Å². The maximum Gasteiger partial charge on any atom is 0.301 e. The number of nitrogens with zero attached hydrogens (tertiary/aromatic N) is 3. The maximum absolute atomic E-state index is 11.4. The van der Waals surface area contributed by atoms with Gasteiger partial charge in [-0.2, -0.15) is 5.10 Å². The number of halogens is 1. The number of hydrogen-bond acceptors (Lipinski definition) is 7. The van der Waals surface area contributed by atoms with Gasteiger partial charge < -0.3 is 4.74 Å². The molecule has 0 unspecified atom stereocenters. The van der Waals surface area contributed by atoms with Crippen LogP contribution in [0.5, 0.6) is 5.75 Å². The molecule has 9 nitrogen and oxygen atoms in total. The average molecular weight is 477 g/mol. The third-order valence-corrected chi connectivity index (χ3v) is 5.26. The molecule has 4 rings (SSSR count). The van der Waals surface area contributed by atoms with Crippen molar-refractivity contribution < 1.29 is 14.6 Å². The summed E-state index contributed by atoms with van der Waals surface area (Å²) in [5.74, 6) is 0.567.